The van der Waals surface area contributed by atoms with E-state index in [9.17, 15) is 4.79 Å². The number of aromatic nitrogens is 5. The Labute approximate surface area is 148 Å². The molecule has 1 aliphatic rings. The molecule has 0 aromatic carbocycles. The molecule has 0 saturated heterocycles. The van der Waals surface area contributed by atoms with Crippen molar-refractivity contribution in [2.75, 3.05) is 0 Å². The zero-order valence-electron chi connectivity index (χ0n) is 14.9. The molecule has 2 heterocycles. The van der Waals surface area contributed by atoms with Crippen LogP contribution in [0.5, 0.6) is 0 Å². The van der Waals surface area contributed by atoms with Crippen molar-refractivity contribution in [1.29, 1.82) is 0 Å². The van der Waals surface area contributed by atoms with Crippen LogP contribution in [0.25, 0.3) is 0 Å². The number of carbonyl (C=O) groups is 1. The second-order valence-electron chi connectivity index (χ2n) is 7.31. The van der Waals surface area contributed by atoms with E-state index >= 15 is 0 Å². The molecule has 0 spiro atoms. The van der Waals surface area contributed by atoms with E-state index in [2.05, 4.69) is 44.8 Å². The van der Waals surface area contributed by atoms with Crippen molar-refractivity contribution in [1.82, 2.24) is 30.9 Å². The zero-order valence-corrected chi connectivity index (χ0v) is 14.9. The first-order chi connectivity index (χ1) is 12.1. The number of hydrogen-bond donors (Lipinski definition) is 2. The molecule has 1 fully saturated rings. The van der Waals surface area contributed by atoms with Gasteiger partial charge in [-0.15, -0.1) is 10.2 Å². The predicted molar refractivity (Wildman–Crippen MR) is 93.5 cm³/mol. The molecule has 1 amide bonds. The highest BCUT2D eigenvalue weighted by atomic mass is 16.2. The highest BCUT2D eigenvalue weighted by Crippen LogP contribution is 2.40. The minimum absolute atomic E-state index is 0.0515. The summed E-state index contributed by atoms with van der Waals surface area (Å²) < 4.78 is 0. The van der Waals surface area contributed by atoms with Gasteiger partial charge < -0.3 is 5.32 Å². The minimum atomic E-state index is -0.508. The fraction of sp³-hybridized carbons (Fsp3) is 0.611. The van der Waals surface area contributed by atoms with E-state index in [1.807, 2.05) is 18.3 Å². The molecule has 0 aliphatic heterocycles. The number of pyridine rings is 1. The molecule has 7 nitrogen and oxygen atoms in total. The predicted octanol–water partition coefficient (Wildman–Crippen LogP) is 2.70. The van der Waals surface area contributed by atoms with Gasteiger partial charge in [0.2, 0.25) is 5.91 Å². The van der Waals surface area contributed by atoms with Crippen LogP contribution >= 0.6 is 0 Å². The second-order valence-corrected chi connectivity index (χ2v) is 7.31. The Morgan fingerprint density at radius 3 is 2.72 bits per heavy atom. The molecule has 1 unspecified atom stereocenters. The van der Waals surface area contributed by atoms with Crippen molar-refractivity contribution < 1.29 is 4.79 Å². The van der Waals surface area contributed by atoms with Crippen LogP contribution in [0.15, 0.2) is 24.5 Å². The van der Waals surface area contributed by atoms with Gasteiger partial charge >= 0.3 is 0 Å². The molecule has 0 bridgehead atoms. The van der Waals surface area contributed by atoms with Crippen molar-refractivity contribution in [3.05, 3.63) is 35.9 Å². The minimum Gasteiger partial charge on any atom is -0.345 e. The van der Waals surface area contributed by atoms with Gasteiger partial charge in [0, 0.05) is 12.4 Å². The molecule has 25 heavy (non-hydrogen) atoms. The Morgan fingerprint density at radius 2 is 2.12 bits per heavy atom. The average molecular weight is 342 g/mol. The number of amides is 1. The number of carbonyl (C=O) groups excluding carboxylic acids is 1. The summed E-state index contributed by atoms with van der Waals surface area (Å²) in [5.74, 6) is 0.999. The van der Waals surface area contributed by atoms with E-state index in [0.717, 1.165) is 37.7 Å². The van der Waals surface area contributed by atoms with Gasteiger partial charge in [-0.3, -0.25) is 9.78 Å². The van der Waals surface area contributed by atoms with E-state index < -0.39 is 5.41 Å². The average Bonchev–Trinajstić information content (AvgIpc) is 3.17. The molecular weight excluding hydrogens is 316 g/mol. The summed E-state index contributed by atoms with van der Waals surface area (Å²) >= 11 is 0. The highest BCUT2D eigenvalue weighted by molar-refractivity contribution is 5.88. The summed E-state index contributed by atoms with van der Waals surface area (Å²) in [6.45, 7) is 4.24. The first-order valence-electron chi connectivity index (χ1n) is 9.06. The summed E-state index contributed by atoms with van der Waals surface area (Å²) in [6, 6.07) is 3.69. The maximum atomic E-state index is 13.4. The van der Waals surface area contributed by atoms with Crippen molar-refractivity contribution >= 4 is 5.91 Å². The lowest BCUT2D eigenvalue weighted by molar-refractivity contribution is -0.129. The Hall–Kier alpha value is -2.31. The third-order valence-electron chi connectivity index (χ3n) is 5.04. The van der Waals surface area contributed by atoms with E-state index in [0.29, 0.717) is 11.7 Å². The summed E-state index contributed by atoms with van der Waals surface area (Å²) in [5, 5.41) is 17.5. The van der Waals surface area contributed by atoms with E-state index in [4.69, 9.17) is 0 Å². The van der Waals surface area contributed by atoms with Gasteiger partial charge in [-0.2, -0.15) is 5.21 Å². The Kier molecular flexibility index (Phi) is 5.40. The lowest BCUT2D eigenvalue weighted by Gasteiger charge is -2.37. The molecule has 1 aliphatic carbocycles. The summed E-state index contributed by atoms with van der Waals surface area (Å²) in [4.78, 5) is 17.6. The van der Waals surface area contributed by atoms with Gasteiger partial charge in [0.15, 0.2) is 5.82 Å². The maximum Gasteiger partial charge on any atom is 0.231 e. The molecule has 2 aromatic rings. The monoisotopic (exact) mass is 342 g/mol. The molecule has 1 saturated carbocycles. The Morgan fingerprint density at radius 1 is 1.32 bits per heavy atom. The third-order valence-corrected chi connectivity index (χ3v) is 5.04. The normalized spacial score (nSPS) is 18.0. The summed E-state index contributed by atoms with van der Waals surface area (Å²) in [5.41, 5.74) is 0.495. The number of nitrogens with one attached hydrogen (secondary N) is 2. The first-order valence-corrected chi connectivity index (χ1v) is 9.06. The number of nitrogens with zero attached hydrogens (tertiary/aromatic N) is 4. The van der Waals surface area contributed by atoms with E-state index in [-0.39, 0.29) is 11.9 Å². The highest BCUT2D eigenvalue weighted by Gasteiger charge is 2.42. The standard InChI is InChI=1S/C18H26N6O/c1-13(2)11-15(16-21-23-24-22-16)20-17(25)18(8-4-3-5-9-18)14-7-6-10-19-12-14/h6-7,10,12-13,15H,3-5,8-9,11H2,1-2H3,(H,20,25)(H,21,22,23,24). The Balaban J connectivity index is 1.87. The lowest BCUT2D eigenvalue weighted by atomic mass is 9.69. The maximum absolute atomic E-state index is 13.4. The zero-order chi connectivity index (χ0) is 17.7. The topological polar surface area (TPSA) is 96.5 Å². The Bertz CT molecular complexity index is 664. The van der Waals surface area contributed by atoms with Gasteiger partial charge in [0.05, 0.1) is 11.5 Å². The smallest absolute Gasteiger partial charge is 0.231 e. The fourth-order valence-electron chi connectivity index (χ4n) is 3.76. The molecule has 2 N–H and O–H groups in total. The molecule has 7 heteroatoms. The second kappa shape index (κ2) is 7.72. The van der Waals surface area contributed by atoms with Gasteiger partial charge in [0.1, 0.15) is 0 Å². The van der Waals surface area contributed by atoms with E-state index in [1.54, 1.807) is 6.20 Å². The van der Waals surface area contributed by atoms with Crippen LogP contribution in [0.1, 0.15) is 69.8 Å². The fourth-order valence-corrected chi connectivity index (χ4v) is 3.76. The van der Waals surface area contributed by atoms with Gasteiger partial charge in [-0.1, -0.05) is 44.4 Å². The first kappa shape index (κ1) is 17.5. The van der Waals surface area contributed by atoms with Crippen LogP contribution < -0.4 is 5.32 Å². The van der Waals surface area contributed by atoms with Crippen molar-refractivity contribution in [3.63, 3.8) is 0 Å². The van der Waals surface area contributed by atoms with Crippen LogP contribution in [-0.2, 0) is 10.2 Å². The van der Waals surface area contributed by atoms with Crippen LogP contribution in [0.3, 0.4) is 0 Å². The number of aromatic amines is 1. The molecule has 1 atom stereocenters. The number of rotatable bonds is 6. The van der Waals surface area contributed by atoms with Gasteiger partial charge in [-0.25, -0.2) is 0 Å². The van der Waals surface area contributed by atoms with Crippen molar-refractivity contribution in [3.8, 4) is 0 Å². The SMILES string of the molecule is CC(C)CC(NC(=O)C1(c2cccnc2)CCCCC1)c1nn[nH]n1. The van der Waals surface area contributed by atoms with Crippen LogP contribution in [0.2, 0.25) is 0 Å². The quantitative estimate of drug-likeness (QED) is 0.841. The number of hydrogen-bond acceptors (Lipinski definition) is 5. The van der Waals surface area contributed by atoms with Crippen molar-refractivity contribution in [2.24, 2.45) is 5.92 Å². The molecule has 2 aromatic heterocycles. The van der Waals surface area contributed by atoms with E-state index in [1.165, 1.54) is 6.42 Å². The summed E-state index contributed by atoms with van der Waals surface area (Å²) in [6.07, 6.45) is 9.34. The number of H-pyrrole nitrogens is 1. The van der Waals surface area contributed by atoms with Crippen LogP contribution in [-0.4, -0.2) is 31.5 Å². The van der Waals surface area contributed by atoms with Gasteiger partial charge in [0.25, 0.3) is 0 Å². The van der Waals surface area contributed by atoms with Crippen LogP contribution in [0, 0.1) is 5.92 Å². The molecule has 3 rings (SSSR count). The van der Waals surface area contributed by atoms with Crippen LogP contribution in [0.4, 0.5) is 0 Å². The lowest BCUT2D eigenvalue weighted by Crippen LogP contribution is -2.47. The summed E-state index contributed by atoms with van der Waals surface area (Å²) in [7, 11) is 0. The largest absolute Gasteiger partial charge is 0.345 e. The van der Waals surface area contributed by atoms with Crippen molar-refractivity contribution in [2.45, 2.75) is 63.8 Å². The molecule has 134 valence electrons. The third kappa shape index (κ3) is 3.86. The van der Waals surface area contributed by atoms with Gasteiger partial charge in [-0.05, 0) is 36.8 Å². The molecular formula is C18H26N6O. The number of tetrazole rings is 1. The molecule has 0 radical (unpaired) electrons.